The Morgan fingerprint density at radius 2 is 1.94 bits per heavy atom. The van der Waals surface area contributed by atoms with E-state index in [2.05, 4.69) is 10.9 Å². The van der Waals surface area contributed by atoms with Gasteiger partial charge in [0.05, 0.1) is 6.54 Å². The topological polar surface area (TPSA) is 43.8 Å². The fourth-order valence-corrected chi connectivity index (χ4v) is 2.30. The number of anilines is 1. The van der Waals surface area contributed by atoms with Crippen molar-refractivity contribution in [3.05, 3.63) is 34.1 Å². The van der Waals surface area contributed by atoms with Gasteiger partial charge in [0, 0.05) is 15.6 Å². The molecule has 0 fully saturated rings. The van der Waals surface area contributed by atoms with Crippen molar-refractivity contribution in [3.63, 3.8) is 0 Å². The molecule has 3 nitrogen and oxygen atoms in total. The molecule has 2 N–H and O–H groups in total. The molecule has 2 rings (SSSR count). The minimum atomic E-state index is 0.388. The molecule has 0 bridgehead atoms. The van der Waals surface area contributed by atoms with E-state index < -0.39 is 0 Å². The second-order valence-electron chi connectivity index (χ2n) is 3.84. The molecule has 0 aliphatic heterocycles. The van der Waals surface area contributed by atoms with E-state index in [1.165, 1.54) is 0 Å². The maximum absolute atomic E-state index is 6.04. The van der Waals surface area contributed by atoms with Crippen molar-refractivity contribution in [1.29, 1.82) is 0 Å². The van der Waals surface area contributed by atoms with Crippen molar-refractivity contribution in [2.24, 2.45) is 0 Å². The number of halogens is 2. The summed E-state index contributed by atoms with van der Waals surface area (Å²) < 4.78 is 1.77. The van der Waals surface area contributed by atoms with Gasteiger partial charge in [-0.05, 0) is 25.1 Å². The standard InChI is InChI=1S/C13H11Cl2N3/c1-3-4-18-8(2)17-12(13(18)16)9-5-10(14)7-11(15)6-9/h1,5-7H,4,16H2,2H3. The quantitative estimate of drug-likeness (QED) is 0.857. The van der Waals surface area contributed by atoms with Gasteiger partial charge in [-0.25, -0.2) is 4.98 Å². The van der Waals surface area contributed by atoms with Gasteiger partial charge in [0.15, 0.2) is 0 Å². The minimum absolute atomic E-state index is 0.388. The van der Waals surface area contributed by atoms with Crippen LogP contribution in [0.3, 0.4) is 0 Å². The van der Waals surface area contributed by atoms with E-state index in [1.54, 1.807) is 22.8 Å². The molecule has 1 aromatic carbocycles. The van der Waals surface area contributed by atoms with Crippen molar-refractivity contribution in [2.75, 3.05) is 5.73 Å². The number of benzene rings is 1. The molecule has 0 spiro atoms. The zero-order valence-corrected chi connectivity index (χ0v) is 11.3. The molecule has 0 unspecified atom stereocenters. The van der Waals surface area contributed by atoms with E-state index in [-0.39, 0.29) is 0 Å². The fourth-order valence-electron chi connectivity index (χ4n) is 1.78. The van der Waals surface area contributed by atoms with Gasteiger partial charge in [-0.2, -0.15) is 0 Å². The summed E-state index contributed by atoms with van der Waals surface area (Å²) in [6, 6.07) is 5.20. The highest BCUT2D eigenvalue weighted by molar-refractivity contribution is 6.35. The highest BCUT2D eigenvalue weighted by Crippen LogP contribution is 2.30. The summed E-state index contributed by atoms with van der Waals surface area (Å²) in [7, 11) is 0. The Balaban J connectivity index is 2.58. The molecule has 18 heavy (non-hydrogen) atoms. The number of hydrogen-bond donors (Lipinski definition) is 1. The predicted molar refractivity (Wildman–Crippen MR) is 75.7 cm³/mol. The van der Waals surface area contributed by atoms with Crippen LogP contribution in [0.1, 0.15) is 5.82 Å². The largest absolute Gasteiger partial charge is 0.383 e. The van der Waals surface area contributed by atoms with Crippen LogP contribution in [-0.4, -0.2) is 9.55 Å². The predicted octanol–water partition coefficient (Wildman–Crippen LogP) is 3.38. The lowest BCUT2D eigenvalue weighted by atomic mass is 10.1. The highest BCUT2D eigenvalue weighted by atomic mass is 35.5. The summed E-state index contributed by atoms with van der Waals surface area (Å²) in [6.07, 6.45) is 5.30. The smallest absolute Gasteiger partial charge is 0.132 e. The van der Waals surface area contributed by atoms with Crippen LogP contribution in [0, 0.1) is 19.3 Å². The van der Waals surface area contributed by atoms with Gasteiger partial charge in [0.1, 0.15) is 17.3 Å². The number of aromatic nitrogens is 2. The van der Waals surface area contributed by atoms with Gasteiger partial charge in [-0.15, -0.1) is 6.42 Å². The third-order valence-electron chi connectivity index (χ3n) is 2.58. The van der Waals surface area contributed by atoms with Crippen LogP contribution in [0.2, 0.25) is 10.0 Å². The van der Waals surface area contributed by atoms with Gasteiger partial charge >= 0.3 is 0 Å². The summed E-state index contributed by atoms with van der Waals surface area (Å²) in [4.78, 5) is 4.41. The molecule has 92 valence electrons. The SMILES string of the molecule is C#CCn1c(C)nc(-c2cc(Cl)cc(Cl)c2)c1N. The zero-order chi connectivity index (χ0) is 13.3. The molecule has 0 atom stereocenters. The second-order valence-corrected chi connectivity index (χ2v) is 4.71. The molecule has 0 saturated heterocycles. The molecular formula is C13H11Cl2N3. The van der Waals surface area contributed by atoms with Crippen molar-refractivity contribution in [3.8, 4) is 23.6 Å². The van der Waals surface area contributed by atoms with Crippen LogP contribution in [-0.2, 0) is 6.54 Å². The Morgan fingerprint density at radius 3 is 2.50 bits per heavy atom. The van der Waals surface area contributed by atoms with Crippen molar-refractivity contribution in [2.45, 2.75) is 13.5 Å². The average Bonchev–Trinajstić information content (AvgIpc) is 2.56. The van der Waals surface area contributed by atoms with Gasteiger partial charge in [-0.1, -0.05) is 29.1 Å². The first-order valence-electron chi connectivity index (χ1n) is 5.25. The first kappa shape index (κ1) is 12.8. The third-order valence-corrected chi connectivity index (χ3v) is 3.02. The van der Waals surface area contributed by atoms with Gasteiger partial charge < -0.3 is 10.3 Å². The number of terminal acetylenes is 1. The van der Waals surface area contributed by atoms with E-state index in [9.17, 15) is 0 Å². The van der Waals surface area contributed by atoms with Crippen molar-refractivity contribution < 1.29 is 0 Å². The summed E-state index contributed by atoms with van der Waals surface area (Å²) >= 11 is 11.9. The molecule has 0 saturated carbocycles. The number of imidazole rings is 1. The Hall–Kier alpha value is -1.63. The van der Waals surface area contributed by atoms with Crippen LogP contribution < -0.4 is 5.73 Å². The summed E-state index contributed by atoms with van der Waals surface area (Å²) in [5, 5.41) is 1.09. The van der Waals surface area contributed by atoms with Crippen LogP contribution in [0.4, 0.5) is 5.82 Å². The van der Waals surface area contributed by atoms with Crippen LogP contribution in [0.25, 0.3) is 11.3 Å². The van der Waals surface area contributed by atoms with E-state index in [0.717, 1.165) is 11.4 Å². The molecule has 1 heterocycles. The highest BCUT2D eigenvalue weighted by Gasteiger charge is 2.13. The molecule has 1 aromatic heterocycles. The fraction of sp³-hybridized carbons (Fsp3) is 0.154. The molecule has 0 aliphatic carbocycles. The Morgan fingerprint density at radius 1 is 1.33 bits per heavy atom. The summed E-state index contributed by atoms with van der Waals surface area (Å²) in [6.45, 7) is 2.24. The number of rotatable bonds is 2. The molecule has 5 heteroatoms. The Kier molecular flexibility index (Phi) is 3.51. The lowest BCUT2D eigenvalue weighted by molar-refractivity contribution is 0.807. The molecule has 0 amide bonds. The summed E-state index contributed by atoms with van der Waals surface area (Å²) in [5.41, 5.74) is 7.47. The lowest BCUT2D eigenvalue weighted by Gasteiger charge is -2.04. The van der Waals surface area contributed by atoms with Crippen LogP contribution in [0.5, 0.6) is 0 Å². The Labute approximate surface area is 116 Å². The van der Waals surface area contributed by atoms with Gasteiger partial charge in [0.2, 0.25) is 0 Å². The van der Waals surface area contributed by atoms with E-state index in [1.807, 2.05) is 6.92 Å². The zero-order valence-electron chi connectivity index (χ0n) is 9.74. The van der Waals surface area contributed by atoms with Crippen molar-refractivity contribution >= 4 is 29.0 Å². The van der Waals surface area contributed by atoms with Gasteiger partial charge in [0.25, 0.3) is 0 Å². The maximum Gasteiger partial charge on any atom is 0.132 e. The van der Waals surface area contributed by atoms with Crippen LogP contribution >= 0.6 is 23.2 Å². The first-order chi connectivity index (χ1) is 8.52. The number of nitrogens with zero attached hydrogens (tertiary/aromatic N) is 2. The van der Waals surface area contributed by atoms with E-state index >= 15 is 0 Å². The van der Waals surface area contributed by atoms with E-state index in [4.69, 9.17) is 35.4 Å². The minimum Gasteiger partial charge on any atom is -0.383 e. The first-order valence-corrected chi connectivity index (χ1v) is 6.01. The number of aryl methyl sites for hydroxylation is 1. The van der Waals surface area contributed by atoms with Crippen molar-refractivity contribution in [1.82, 2.24) is 9.55 Å². The number of hydrogen-bond acceptors (Lipinski definition) is 2. The van der Waals surface area contributed by atoms with Gasteiger partial charge in [-0.3, -0.25) is 0 Å². The molecule has 0 aliphatic rings. The monoisotopic (exact) mass is 279 g/mol. The van der Waals surface area contributed by atoms with E-state index in [0.29, 0.717) is 28.1 Å². The number of nitrogens with two attached hydrogens (primary N) is 1. The molecule has 0 radical (unpaired) electrons. The second kappa shape index (κ2) is 4.93. The average molecular weight is 280 g/mol. The molecule has 2 aromatic rings. The summed E-state index contributed by atoms with van der Waals surface area (Å²) in [5.74, 6) is 3.82. The number of nitrogen functional groups attached to an aromatic ring is 1. The lowest BCUT2D eigenvalue weighted by Crippen LogP contribution is -2.03. The third kappa shape index (κ3) is 2.31. The Bertz CT molecular complexity index is 618. The normalized spacial score (nSPS) is 10.3. The maximum atomic E-state index is 6.04. The van der Waals surface area contributed by atoms with Crippen LogP contribution in [0.15, 0.2) is 18.2 Å². The molecular weight excluding hydrogens is 269 g/mol.